The normalized spacial score (nSPS) is 18.5. The van der Waals surface area contributed by atoms with Crippen LogP contribution < -0.4 is 5.32 Å². The monoisotopic (exact) mass is 421 g/mol. The summed E-state index contributed by atoms with van der Waals surface area (Å²) < 4.78 is 24.9. The minimum atomic E-state index is -3.47. The first-order valence-corrected chi connectivity index (χ1v) is 12.1. The molecule has 7 nitrogen and oxygen atoms in total. The molecule has 0 bridgehead atoms. The molecule has 160 valence electrons. The molecule has 29 heavy (non-hydrogen) atoms. The lowest BCUT2D eigenvalue weighted by molar-refractivity contribution is -0.132. The molecular weight excluding hydrogens is 390 g/mol. The Morgan fingerprint density at radius 2 is 1.55 bits per heavy atom. The number of urea groups is 1. The molecule has 2 aliphatic rings. The smallest absolute Gasteiger partial charge is 0.317 e. The van der Waals surface area contributed by atoms with E-state index in [2.05, 4.69) is 5.32 Å². The van der Waals surface area contributed by atoms with Crippen molar-refractivity contribution in [2.24, 2.45) is 0 Å². The van der Waals surface area contributed by atoms with Crippen molar-refractivity contribution in [1.82, 2.24) is 15.1 Å². The highest BCUT2D eigenvalue weighted by Crippen LogP contribution is 2.18. The Morgan fingerprint density at radius 3 is 2.17 bits per heavy atom. The van der Waals surface area contributed by atoms with Crippen molar-refractivity contribution in [1.29, 1.82) is 0 Å². The summed E-state index contributed by atoms with van der Waals surface area (Å²) in [5.74, 6) is -0.370. The molecule has 3 rings (SSSR count). The van der Waals surface area contributed by atoms with Crippen LogP contribution in [0.3, 0.4) is 0 Å². The molecule has 8 heteroatoms. The van der Waals surface area contributed by atoms with Crippen LogP contribution in [0.4, 0.5) is 4.79 Å². The molecule has 0 atom stereocenters. The molecule has 1 saturated carbocycles. The predicted molar refractivity (Wildman–Crippen MR) is 111 cm³/mol. The Kier molecular flexibility index (Phi) is 7.16. The third-order valence-corrected chi connectivity index (χ3v) is 7.55. The number of hydrogen-bond acceptors (Lipinski definition) is 4. The summed E-state index contributed by atoms with van der Waals surface area (Å²) in [5, 5.41) is 3.10. The Balaban J connectivity index is 1.43. The number of hydrogen-bond donors (Lipinski definition) is 1. The Bertz CT molecular complexity index is 809. The number of benzene rings is 1. The van der Waals surface area contributed by atoms with Crippen molar-refractivity contribution in [2.75, 3.05) is 31.9 Å². The second-order valence-corrected chi connectivity index (χ2v) is 10.1. The molecular formula is C21H31N3O4S. The summed E-state index contributed by atoms with van der Waals surface area (Å²) in [7, 11) is -3.47. The van der Waals surface area contributed by atoms with Gasteiger partial charge in [-0.25, -0.2) is 13.2 Å². The van der Waals surface area contributed by atoms with Gasteiger partial charge >= 0.3 is 6.03 Å². The van der Waals surface area contributed by atoms with Gasteiger partial charge in [-0.15, -0.1) is 0 Å². The molecule has 2 fully saturated rings. The fraction of sp³-hybridized carbons (Fsp3) is 0.619. The fourth-order valence-corrected chi connectivity index (χ4v) is 5.14. The SMILES string of the molecule is Cc1ccc(S(=O)(=O)CCC(=O)N2CCN(C(=O)NC3CCCCC3)CC2)cc1. The molecule has 1 heterocycles. The minimum Gasteiger partial charge on any atom is -0.339 e. The molecule has 3 amide bonds. The molecule has 0 unspecified atom stereocenters. The van der Waals surface area contributed by atoms with E-state index in [0.29, 0.717) is 26.2 Å². The lowest BCUT2D eigenvalue weighted by atomic mass is 9.96. The van der Waals surface area contributed by atoms with Gasteiger partial charge < -0.3 is 15.1 Å². The van der Waals surface area contributed by atoms with Gasteiger partial charge in [-0.1, -0.05) is 37.0 Å². The summed E-state index contributed by atoms with van der Waals surface area (Å²) in [6.07, 6.45) is 5.62. The van der Waals surface area contributed by atoms with E-state index in [1.54, 1.807) is 34.1 Å². The van der Waals surface area contributed by atoms with Crippen LogP contribution >= 0.6 is 0 Å². The topological polar surface area (TPSA) is 86.8 Å². The number of rotatable bonds is 5. The number of carbonyl (C=O) groups is 2. The molecule has 1 aliphatic heterocycles. The van der Waals surface area contributed by atoms with E-state index in [1.807, 2.05) is 6.92 Å². The van der Waals surface area contributed by atoms with E-state index in [4.69, 9.17) is 0 Å². The van der Waals surface area contributed by atoms with Gasteiger partial charge in [-0.3, -0.25) is 4.79 Å². The molecule has 1 aliphatic carbocycles. The summed E-state index contributed by atoms with van der Waals surface area (Å²) >= 11 is 0. The summed E-state index contributed by atoms with van der Waals surface area (Å²) in [6, 6.07) is 6.89. The molecule has 1 N–H and O–H groups in total. The van der Waals surface area contributed by atoms with Crippen molar-refractivity contribution < 1.29 is 18.0 Å². The average Bonchev–Trinajstić information content (AvgIpc) is 2.73. The summed E-state index contributed by atoms with van der Waals surface area (Å²) in [4.78, 5) is 28.5. The Morgan fingerprint density at radius 1 is 0.966 bits per heavy atom. The highest BCUT2D eigenvalue weighted by atomic mass is 32.2. The van der Waals surface area contributed by atoms with E-state index in [0.717, 1.165) is 18.4 Å². The zero-order valence-corrected chi connectivity index (χ0v) is 17.9. The standard InChI is InChI=1S/C21H31N3O4S/c1-17-7-9-19(10-8-17)29(27,28)16-11-20(25)23-12-14-24(15-13-23)21(26)22-18-5-3-2-4-6-18/h7-10,18H,2-6,11-16H2,1H3,(H,22,26). The largest absolute Gasteiger partial charge is 0.339 e. The minimum absolute atomic E-state index is 0.0372. The van der Waals surface area contributed by atoms with Crippen LogP contribution in [0.1, 0.15) is 44.1 Å². The van der Waals surface area contributed by atoms with Crippen LogP contribution in [0.2, 0.25) is 0 Å². The number of carbonyl (C=O) groups excluding carboxylic acids is 2. The van der Waals surface area contributed by atoms with Crippen LogP contribution in [0, 0.1) is 6.92 Å². The maximum absolute atomic E-state index is 12.5. The van der Waals surface area contributed by atoms with Crippen molar-refractivity contribution in [2.45, 2.75) is 56.4 Å². The van der Waals surface area contributed by atoms with E-state index in [9.17, 15) is 18.0 Å². The molecule has 1 saturated heterocycles. The number of aryl methyl sites for hydroxylation is 1. The summed E-state index contributed by atoms with van der Waals surface area (Å²) in [5.41, 5.74) is 0.991. The molecule has 1 aromatic carbocycles. The van der Waals surface area contributed by atoms with Gasteiger partial charge in [0, 0.05) is 38.6 Å². The third-order valence-electron chi connectivity index (χ3n) is 5.82. The second kappa shape index (κ2) is 9.61. The number of nitrogens with zero attached hydrogens (tertiary/aromatic N) is 2. The fourth-order valence-electron chi connectivity index (χ4n) is 3.92. The molecule has 0 aromatic heterocycles. The molecule has 0 radical (unpaired) electrons. The second-order valence-electron chi connectivity index (χ2n) is 8.03. The number of amides is 3. The van der Waals surface area contributed by atoms with Crippen molar-refractivity contribution in [3.63, 3.8) is 0 Å². The third kappa shape index (κ3) is 5.95. The van der Waals surface area contributed by atoms with Gasteiger partial charge in [0.15, 0.2) is 9.84 Å². The van der Waals surface area contributed by atoms with E-state index >= 15 is 0 Å². The average molecular weight is 422 g/mol. The lowest BCUT2D eigenvalue weighted by Crippen LogP contribution is -2.54. The van der Waals surface area contributed by atoms with Gasteiger partial charge in [-0.05, 0) is 31.9 Å². The first-order chi connectivity index (χ1) is 13.8. The summed E-state index contributed by atoms with van der Waals surface area (Å²) in [6.45, 7) is 3.75. The van der Waals surface area contributed by atoms with Crippen LogP contribution in [-0.2, 0) is 14.6 Å². The van der Waals surface area contributed by atoms with Gasteiger partial charge in [-0.2, -0.15) is 0 Å². The quantitative estimate of drug-likeness (QED) is 0.791. The van der Waals surface area contributed by atoms with Gasteiger partial charge in [0.2, 0.25) is 5.91 Å². The maximum atomic E-state index is 12.5. The van der Waals surface area contributed by atoms with E-state index < -0.39 is 9.84 Å². The highest BCUT2D eigenvalue weighted by Gasteiger charge is 2.27. The van der Waals surface area contributed by atoms with Crippen molar-refractivity contribution in [3.05, 3.63) is 29.8 Å². The zero-order valence-electron chi connectivity index (χ0n) is 17.1. The first kappa shape index (κ1) is 21.6. The van der Waals surface area contributed by atoms with Crippen LogP contribution in [-0.4, -0.2) is 68.1 Å². The van der Waals surface area contributed by atoms with Crippen molar-refractivity contribution in [3.8, 4) is 0 Å². The van der Waals surface area contributed by atoms with Gasteiger partial charge in [0.05, 0.1) is 10.6 Å². The van der Waals surface area contributed by atoms with Crippen LogP contribution in [0.15, 0.2) is 29.2 Å². The lowest BCUT2D eigenvalue weighted by Gasteiger charge is -2.36. The first-order valence-electron chi connectivity index (χ1n) is 10.5. The Hall–Kier alpha value is -2.09. The molecule has 1 aromatic rings. The van der Waals surface area contributed by atoms with E-state index in [1.165, 1.54) is 19.3 Å². The highest BCUT2D eigenvalue weighted by molar-refractivity contribution is 7.91. The van der Waals surface area contributed by atoms with Crippen LogP contribution in [0.5, 0.6) is 0 Å². The number of nitrogens with one attached hydrogen (secondary N) is 1. The number of sulfone groups is 1. The van der Waals surface area contributed by atoms with Gasteiger partial charge in [0.1, 0.15) is 0 Å². The van der Waals surface area contributed by atoms with Crippen molar-refractivity contribution >= 4 is 21.8 Å². The number of piperazine rings is 1. The van der Waals surface area contributed by atoms with Gasteiger partial charge in [0.25, 0.3) is 0 Å². The predicted octanol–water partition coefficient (Wildman–Crippen LogP) is 2.35. The van der Waals surface area contributed by atoms with Crippen LogP contribution in [0.25, 0.3) is 0 Å². The van der Waals surface area contributed by atoms with E-state index in [-0.39, 0.29) is 35.0 Å². The Labute approximate surface area is 173 Å². The zero-order chi connectivity index (χ0) is 20.9. The molecule has 0 spiro atoms. The maximum Gasteiger partial charge on any atom is 0.317 e.